The van der Waals surface area contributed by atoms with Crippen molar-refractivity contribution in [1.29, 1.82) is 0 Å². The lowest BCUT2D eigenvalue weighted by atomic mass is 9.95. The van der Waals surface area contributed by atoms with Gasteiger partial charge >= 0.3 is 0 Å². The summed E-state index contributed by atoms with van der Waals surface area (Å²) in [6, 6.07) is 8.32. The van der Waals surface area contributed by atoms with E-state index in [1.54, 1.807) is 0 Å². The molecule has 3 heteroatoms. The highest BCUT2D eigenvalue weighted by atomic mass is 16.2. The molecule has 0 bridgehead atoms. The van der Waals surface area contributed by atoms with Gasteiger partial charge in [-0.3, -0.25) is 4.79 Å². The fraction of sp³-hybridized carbons (Fsp3) is 0.588. The summed E-state index contributed by atoms with van der Waals surface area (Å²) < 4.78 is 0. The molecule has 2 rings (SSSR count). The van der Waals surface area contributed by atoms with Gasteiger partial charge in [0, 0.05) is 19.5 Å². The smallest absolute Gasteiger partial charge is 0.223 e. The van der Waals surface area contributed by atoms with Gasteiger partial charge in [0.1, 0.15) is 0 Å². The van der Waals surface area contributed by atoms with Crippen molar-refractivity contribution < 1.29 is 4.79 Å². The number of piperidine rings is 1. The number of hydrogen-bond donors (Lipinski definition) is 1. The highest BCUT2D eigenvalue weighted by molar-refractivity contribution is 5.76. The second-order valence-corrected chi connectivity index (χ2v) is 5.75. The van der Waals surface area contributed by atoms with E-state index < -0.39 is 0 Å². The van der Waals surface area contributed by atoms with Crippen LogP contribution >= 0.6 is 0 Å². The summed E-state index contributed by atoms with van der Waals surface area (Å²) in [4.78, 5) is 14.4. The minimum absolute atomic E-state index is 0.296. The van der Waals surface area contributed by atoms with Crippen LogP contribution in [-0.4, -0.2) is 30.4 Å². The van der Waals surface area contributed by atoms with Gasteiger partial charge in [-0.25, -0.2) is 0 Å². The zero-order valence-corrected chi connectivity index (χ0v) is 12.7. The Bertz CT molecular complexity index is 438. The van der Waals surface area contributed by atoms with Crippen molar-refractivity contribution in [2.24, 2.45) is 5.92 Å². The van der Waals surface area contributed by atoms with Crippen LogP contribution in [0.1, 0.15) is 37.3 Å². The summed E-state index contributed by atoms with van der Waals surface area (Å²) in [5.41, 5.74) is 2.52. The summed E-state index contributed by atoms with van der Waals surface area (Å²) in [5.74, 6) is 0.812. The van der Waals surface area contributed by atoms with Gasteiger partial charge in [-0.1, -0.05) is 24.3 Å². The van der Waals surface area contributed by atoms with Crippen molar-refractivity contribution in [1.82, 2.24) is 10.2 Å². The van der Waals surface area contributed by atoms with Crippen molar-refractivity contribution in [3.05, 3.63) is 35.4 Å². The third-order valence-corrected chi connectivity index (χ3v) is 4.22. The topological polar surface area (TPSA) is 32.3 Å². The van der Waals surface area contributed by atoms with Crippen LogP contribution in [0.5, 0.6) is 0 Å². The SMILES string of the molecule is CCN(Cc1ccccc1C)C(=O)CC1CCCNC1. The Kier molecular flexibility index (Phi) is 5.60. The Morgan fingerprint density at radius 1 is 1.40 bits per heavy atom. The van der Waals surface area contributed by atoms with Crippen LogP contribution in [0.4, 0.5) is 0 Å². The molecule has 0 aromatic heterocycles. The van der Waals surface area contributed by atoms with Crippen molar-refractivity contribution in [3.63, 3.8) is 0 Å². The molecule has 1 atom stereocenters. The fourth-order valence-electron chi connectivity index (χ4n) is 2.84. The molecular formula is C17H26N2O. The van der Waals surface area contributed by atoms with Crippen LogP contribution in [0.25, 0.3) is 0 Å². The first-order valence-electron chi connectivity index (χ1n) is 7.73. The lowest BCUT2D eigenvalue weighted by Gasteiger charge is -2.27. The number of benzene rings is 1. The molecule has 1 heterocycles. The number of carbonyl (C=O) groups is 1. The molecule has 1 unspecified atom stereocenters. The monoisotopic (exact) mass is 274 g/mol. The number of rotatable bonds is 5. The molecule has 0 radical (unpaired) electrons. The first-order valence-corrected chi connectivity index (χ1v) is 7.73. The summed E-state index contributed by atoms with van der Waals surface area (Å²) >= 11 is 0. The van der Waals surface area contributed by atoms with Gasteiger partial charge in [-0.05, 0) is 56.8 Å². The first kappa shape index (κ1) is 15.0. The molecule has 1 amide bonds. The molecule has 3 nitrogen and oxygen atoms in total. The molecule has 1 aromatic rings. The Labute approximate surface area is 122 Å². The molecule has 1 fully saturated rings. The number of amides is 1. The maximum atomic E-state index is 12.5. The van der Waals surface area contributed by atoms with Crippen LogP contribution in [-0.2, 0) is 11.3 Å². The van der Waals surface area contributed by atoms with E-state index in [0.29, 0.717) is 18.2 Å². The highest BCUT2D eigenvalue weighted by Gasteiger charge is 2.20. The number of carbonyl (C=O) groups excluding carboxylic acids is 1. The number of nitrogens with zero attached hydrogens (tertiary/aromatic N) is 1. The highest BCUT2D eigenvalue weighted by Crippen LogP contribution is 2.17. The lowest BCUT2D eigenvalue weighted by molar-refractivity contribution is -0.132. The van der Waals surface area contributed by atoms with Crippen LogP contribution in [0.15, 0.2) is 24.3 Å². The molecule has 1 N–H and O–H groups in total. The average Bonchev–Trinajstić information content (AvgIpc) is 2.47. The van der Waals surface area contributed by atoms with Crippen LogP contribution in [0, 0.1) is 12.8 Å². The van der Waals surface area contributed by atoms with E-state index in [1.807, 2.05) is 17.0 Å². The largest absolute Gasteiger partial charge is 0.339 e. The molecule has 1 saturated heterocycles. The molecular weight excluding hydrogens is 248 g/mol. The second kappa shape index (κ2) is 7.44. The maximum absolute atomic E-state index is 12.5. The van der Waals surface area contributed by atoms with E-state index in [4.69, 9.17) is 0 Å². The lowest BCUT2D eigenvalue weighted by Crippen LogP contribution is -2.36. The zero-order valence-electron chi connectivity index (χ0n) is 12.7. The van der Waals surface area contributed by atoms with Crippen LogP contribution in [0.2, 0.25) is 0 Å². The second-order valence-electron chi connectivity index (χ2n) is 5.75. The number of nitrogens with one attached hydrogen (secondary N) is 1. The van der Waals surface area contributed by atoms with E-state index in [0.717, 1.165) is 26.2 Å². The predicted molar refractivity (Wildman–Crippen MR) is 82.5 cm³/mol. The number of hydrogen-bond acceptors (Lipinski definition) is 2. The van der Waals surface area contributed by atoms with Gasteiger partial charge in [0.25, 0.3) is 0 Å². The Morgan fingerprint density at radius 3 is 2.85 bits per heavy atom. The third kappa shape index (κ3) is 4.07. The van der Waals surface area contributed by atoms with Crippen molar-refractivity contribution in [3.8, 4) is 0 Å². The van der Waals surface area contributed by atoms with E-state index in [1.165, 1.54) is 24.0 Å². The maximum Gasteiger partial charge on any atom is 0.223 e. The molecule has 0 aliphatic carbocycles. The quantitative estimate of drug-likeness (QED) is 0.895. The average molecular weight is 274 g/mol. The van der Waals surface area contributed by atoms with Crippen LogP contribution in [0.3, 0.4) is 0 Å². The zero-order chi connectivity index (χ0) is 14.4. The van der Waals surface area contributed by atoms with E-state index in [9.17, 15) is 4.79 Å². The van der Waals surface area contributed by atoms with Crippen molar-refractivity contribution in [2.75, 3.05) is 19.6 Å². The van der Waals surface area contributed by atoms with E-state index in [-0.39, 0.29) is 0 Å². The van der Waals surface area contributed by atoms with Gasteiger partial charge in [0.2, 0.25) is 5.91 Å². The van der Waals surface area contributed by atoms with Gasteiger partial charge in [-0.15, -0.1) is 0 Å². The van der Waals surface area contributed by atoms with Gasteiger partial charge in [0.15, 0.2) is 0 Å². The van der Waals surface area contributed by atoms with E-state index >= 15 is 0 Å². The first-order chi connectivity index (χ1) is 9.70. The molecule has 1 aliphatic heterocycles. The number of aryl methyl sites for hydroxylation is 1. The van der Waals surface area contributed by atoms with Gasteiger partial charge in [0.05, 0.1) is 0 Å². The third-order valence-electron chi connectivity index (χ3n) is 4.22. The summed E-state index contributed by atoms with van der Waals surface area (Å²) in [5, 5.41) is 3.39. The van der Waals surface area contributed by atoms with Gasteiger partial charge in [-0.2, -0.15) is 0 Å². The molecule has 0 spiro atoms. The van der Waals surface area contributed by atoms with Crippen LogP contribution < -0.4 is 5.32 Å². The van der Waals surface area contributed by atoms with Gasteiger partial charge < -0.3 is 10.2 Å². The summed E-state index contributed by atoms with van der Waals surface area (Å²) in [7, 11) is 0. The minimum Gasteiger partial charge on any atom is -0.339 e. The van der Waals surface area contributed by atoms with Crippen molar-refractivity contribution >= 4 is 5.91 Å². The Balaban J connectivity index is 1.93. The van der Waals surface area contributed by atoms with Crippen molar-refractivity contribution in [2.45, 2.75) is 39.7 Å². The molecule has 20 heavy (non-hydrogen) atoms. The standard InChI is InChI=1S/C17H26N2O/c1-3-19(13-16-9-5-4-7-14(16)2)17(20)11-15-8-6-10-18-12-15/h4-5,7,9,15,18H,3,6,8,10-13H2,1-2H3. The predicted octanol–water partition coefficient (Wildman–Crippen LogP) is 2.73. The summed E-state index contributed by atoms with van der Waals surface area (Å²) in [6.07, 6.45) is 3.06. The fourth-order valence-corrected chi connectivity index (χ4v) is 2.84. The minimum atomic E-state index is 0.296. The Morgan fingerprint density at radius 2 is 2.20 bits per heavy atom. The molecule has 1 aromatic carbocycles. The van der Waals surface area contributed by atoms with E-state index in [2.05, 4.69) is 31.3 Å². The molecule has 1 aliphatic rings. The molecule has 110 valence electrons. The molecule has 0 saturated carbocycles. The Hall–Kier alpha value is -1.35. The normalized spacial score (nSPS) is 18.8. The summed E-state index contributed by atoms with van der Waals surface area (Å²) in [6.45, 7) is 7.79.